The minimum Gasteiger partial charge on any atom is -0.459 e. The predicted molar refractivity (Wildman–Crippen MR) is 122 cm³/mol. The molecule has 1 fully saturated rings. The SMILES string of the molecule is CC(C)(C)OC(=O)CN1C(=O)N2C(=NC(=O)C2C(C)(C)C)c2ncc(N3CCOCC3)cc21. The summed E-state index contributed by atoms with van der Waals surface area (Å²) in [5, 5.41) is 0. The lowest BCUT2D eigenvalue weighted by molar-refractivity contribution is -0.152. The first-order chi connectivity index (χ1) is 15.4. The zero-order chi connectivity index (χ0) is 24.1. The summed E-state index contributed by atoms with van der Waals surface area (Å²) in [6, 6.07) is 0.554. The van der Waals surface area contributed by atoms with E-state index in [4.69, 9.17) is 9.47 Å². The van der Waals surface area contributed by atoms with Crippen molar-refractivity contribution in [3.05, 3.63) is 18.0 Å². The van der Waals surface area contributed by atoms with Crippen molar-refractivity contribution in [2.45, 2.75) is 53.2 Å². The van der Waals surface area contributed by atoms with E-state index in [-0.39, 0.29) is 12.4 Å². The van der Waals surface area contributed by atoms with Crippen LogP contribution in [-0.4, -0.2) is 78.1 Å². The van der Waals surface area contributed by atoms with Crippen LogP contribution in [0.4, 0.5) is 16.2 Å². The maximum absolute atomic E-state index is 13.7. The highest BCUT2D eigenvalue weighted by atomic mass is 16.6. The van der Waals surface area contributed by atoms with Crippen LogP contribution in [0.1, 0.15) is 47.2 Å². The number of aliphatic imine (C=N–C) groups is 1. The summed E-state index contributed by atoms with van der Waals surface area (Å²) in [5.74, 6) is -0.708. The van der Waals surface area contributed by atoms with Crippen LogP contribution >= 0.6 is 0 Å². The summed E-state index contributed by atoms with van der Waals surface area (Å²) < 4.78 is 10.9. The second-order valence-electron chi connectivity index (χ2n) is 10.5. The van der Waals surface area contributed by atoms with Crippen LogP contribution in [-0.2, 0) is 19.1 Å². The van der Waals surface area contributed by atoms with Gasteiger partial charge in [-0.05, 0) is 32.3 Å². The topological polar surface area (TPSA) is 105 Å². The van der Waals surface area contributed by atoms with Crippen molar-refractivity contribution < 1.29 is 23.9 Å². The van der Waals surface area contributed by atoms with E-state index < -0.39 is 35.0 Å². The fraction of sp³-hybridized carbons (Fsp3) is 0.609. The van der Waals surface area contributed by atoms with Crippen LogP contribution < -0.4 is 9.80 Å². The first-order valence-corrected chi connectivity index (χ1v) is 11.1. The van der Waals surface area contributed by atoms with Crippen molar-refractivity contribution in [2.24, 2.45) is 10.4 Å². The van der Waals surface area contributed by atoms with Gasteiger partial charge in [-0.15, -0.1) is 0 Å². The number of fused-ring (bicyclic) bond motifs is 3. The molecule has 1 saturated heterocycles. The van der Waals surface area contributed by atoms with Crippen molar-refractivity contribution in [1.82, 2.24) is 9.88 Å². The van der Waals surface area contributed by atoms with E-state index in [1.54, 1.807) is 27.0 Å². The monoisotopic (exact) mass is 457 g/mol. The number of hydrogen-bond donors (Lipinski definition) is 0. The summed E-state index contributed by atoms with van der Waals surface area (Å²) in [6.45, 7) is 13.2. The Morgan fingerprint density at radius 3 is 2.42 bits per heavy atom. The third kappa shape index (κ3) is 4.44. The van der Waals surface area contributed by atoms with E-state index in [1.807, 2.05) is 26.8 Å². The van der Waals surface area contributed by atoms with Gasteiger partial charge in [0.05, 0.1) is 30.8 Å². The van der Waals surface area contributed by atoms with Crippen molar-refractivity contribution in [2.75, 3.05) is 42.6 Å². The van der Waals surface area contributed by atoms with E-state index in [2.05, 4.69) is 14.9 Å². The number of carbonyl (C=O) groups is 3. The standard InChI is InChI=1S/C23H31N5O5/c1-22(2,3)18-20(30)25-19-17-15(11-14(12-24-17)26-7-9-32-10-8-26)27(21(31)28(18)19)13-16(29)33-23(4,5)6/h11-12,18H,7-10,13H2,1-6H3. The van der Waals surface area contributed by atoms with Gasteiger partial charge in [0.1, 0.15) is 23.9 Å². The van der Waals surface area contributed by atoms with E-state index in [9.17, 15) is 14.4 Å². The summed E-state index contributed by atoms with van der Waals surface area (Å²) in [7, 11) is 0. The van der Waals surface area contributed by atoms with Crippen LogP contribution in [0.15, 0.2) is 17.3 Å². The number of carbonyl (C=O) groups excluding carboxylic acids is 3. The maximum Gasteiger partial charge on any atom is 0.331 e. The molecule has 0 aliphatic carbocycles. The molecule has 0 saturated carbocycles. The van der Waals surface area contributed by atoms with E-state index >= 15 is 0 Å². The Labute approximate surface area is 193 Å². The fourth-order valence-electron chi connectivity index (χ4n) is 4.28. The lowest BCUT2D eigenvalue weighted by atomic mass is 9.85. The number of amides is 3. The zero-order valence-electron chi connectivity index (χ0n) is 20.0. The number of anilines is 2. The smallest absolute Gasteiger partial charge is 0.331 e. The molecule has 3 aliphatic rings. The molecule has 1 aromatic rings. The predicted octanol–water partition coefficient (Wildman–Crippen LogP) is 2.20. The molecule has 3 amide bonds. The molecule has 1 atom stereocenters. The van der Waals surface area contributed by atoms with Crippen molar-refractivity contribution >= 4 is 35.1 Å². The van der Waals surface area contributed by atoms with Gasteiger partial charge in [0, 0.05) is 13.1 Å². The highest BCUT2D eigenvalue weighted by molar-refractivity contribution is 6.25. The van der Waals surface area contributed by atoms with Crippen LogP contribution in [0.5, 0.6) is 0 Å². The highest BCUT2D eigenvalue weighted by Crippen LogP contribution is 2.39. The van der Waals surface area contributed by atoms with Gasteiger partial charge in [-0.2, -0.15) is 4.99 Å². The third-order valence-electron chi connectivity index (χ3n) is 5.63. The molecular formula is C23H31N5O5. The van der Waals surface area contributed by atoms with Gasteiger partial charge in [0.2, 0.25) is 0 Å². The molecule has 4 rings (SSSR count). The van der Waals surface area contributed by atoms with Crippen LogP contribution in [0, 0.1) is 5.41 Å². The second kappa shape index (κ2) is 8.09. The highest BCUT2D eigenvalue weighted by Gasteiger charge is 2.51. The van der Waals surface area contributed by atoms with Gasteiger partial charge < -0.3 is 14.4 Å². The second-order valence-corrected chi connectivity index (χ2v) is 10.5. The molecule has 4 heterocycles. The van der Waals surface area contributed by atoms with Gasteiger partial charge >= 0.3 is 12.0 Å². The average Bonchev–Trinajstić information content (AvgIpc) is 3.08. The lowest BCUT2D eigenvalue weighted by Gasteiger charge is -2.40. The molecule has 3 aliphatic heterocycles. The summed E-state index contributed by atoms with van der Waals surface area (Å²) in [5.41, 5.74) is 0.393. The first-order valence-electron chi connectivity index (χ1n) is 11.1. The Bertz CT molecular complexity index is 1020. The molecule has 0 bridgehead atoms. The van der Waals surface area contributed by atoms with E-state index in [1.165, 1.54) is 9.80 Å². The third-order valence-corrected chi connectivity index (χ3v) is 5.63. The number of nitrogens with zero attached hydrogens (tertiary/aromatic N) is 5. The molecule has 0 aromatic carbocycles. The van der Waals surface area contributed by atoms with Crippen molar-refractivity contribution in [3.8, 4) is 0 Å². The van der Waals surface area contributed by atoms with Gasteiger partial charge in [-0.3, -0.25) is 19.4 Å². The van der Waals surface area contributed by atoms with Gasteiger partial charge in [0.15, 0.2) is 5.84 Å². The molecule has 1 aromatic heterocycles. The average molecular weight is 458 g/mol. The Balaban J connectivity index is 1.78. The summed E-state index contributed by atoms with van der Waals surface area (Å²) in [4.78, 5) is 52.9. The van der Waals surface area contributed by atoms with E-state index in [0.717, 1.165) is 5.69 Å². The number of aromatic nitrogens is 1. The molecule has 1 unspecified atom stereocenters. The van der Waals surface area contributed by atoms with Crippen LogP contribution in [0.2, 0.25) is 0 Å². The molecule has 33 heavy (non-hydrogen) atoms. The zero-order valence-corrected chi connectivity index (χ0v) is 20.0. The lowest BCUT2D eigenvalue weighted by Crippen LogP contribution is -2.58. The molecule has 178 valence electrons. The Morgan fingerprint density at radius 1 is 1.15 bits per heavy atom. The number of hydrogen-bond acceptors (Lipinski definition) is 7. The summed E-state index contributed by atoms with van der Waals surface area (Å²) in [6.07, 6.45) is 1.71. The quantitative estimate of drug-likeness (QED) is 0.641. The van der Waals surface area contributed by atoms with Crippen molar-refractivity contribution in [1.29, 1.82) is 0 Å². The normalized spacial score (nSPS) is 21.1. The number of rotatable bonds is 3. The minimum atomic E-state index is -0.782. The maximum atomic E-state index is 13.7. The molecule has 10 nitrogen and oxygen atoms in total. The number of esters is 1. The Hall–Kier alpha value is -3.01. The van der Waals surface area contributed by atoms with Gasteiger partial charge in [-0.1, -0.05) is 20.8 Å². The Kier molecular flexibility index (Phi) is 5.68. The minimum absolute atomic E-state index is 0.230. The fourth-order valence-corrected chi connectivity index (χ4v) is 4.28. The molecule has 0 spiro atoms. The number of pyridine rings is 1. The molecule has 0 N–H and O–H groups in total. The van der Waals surface area contributed by atoms with Crippen LogP contribution in [0.3, 0.4) is 0 Å². The largest absolute Gasteiger partial charge is 0.459 e. The summed E-state index contributed by atoms with van der Waals surface area (Å²) >= 11 is 0. The Morgan fingerprint density at radius 2 is 1.82 bits per heavy atom. The number of amidine groups is 1. The molecular weight excluding hydrogens is 426 g/mol. The number of ether oxygens (including phenoxy) is 2. The van der Waals surface area contributed by atoms with Gasteiger partial charge in [0.25, 0.3) is 5.91 Å². The number of morpholine rings is 1. The molecule has 0 radical (unpaired) electrons. The molecule has 10 heteroatoms. The van der Waals surface area contributed by atoms with Crippen molar-refractivity contribution in [3.63, 3.8) is 0 Å². The van der Waals surface area contributed by atoms with E-state index in [0.29, 0.717) is 37.7 Å². The first kappa shape index (κ1) is 23.2. The van der Waals surface area contributed by atoms with Crippen LogP contribution in [0.25, 0.3) is 0 Å². The van der Waals surface area contributed by atoms with Gasteiger partial charge in [-0.25, -0.2) is 9.78 Å². The number of urea groups is 1.